The Hall–Kier alpha value is -2.31. The fourth-order valence-corrected chi connectivity index (χ4v) is 4.69. The molecular weight excluding hydrogens is 344 g/mol. The molecule has 4 rings (SSSR count). The number of hydrogen-bond donors (Lipinski definition) is 2. The van der Waals surface area contributed by atoms with Crippen LogP contribution in [0.15, 0.2) is 30.3 Å². The van der Waals surface area contributed by atoms with E-state index in [4.69, 9.17) is 5.73 Å². The van der Waals surface area contributed by atoms with Gasteiger partial charge >= 0.3 is 0 Å². The summed E-state index contributed by atoms with van der Waals surface area (Å²) in [6, 6.07) is 11.1. The summed E-state index contributed by atoms with van der Waals surface area (Å²) in [5, 5.41) is 13.0. The lowest BCUT2D eigenvalue weighted by Crippen LogP contribution is -2.24. The summed E-state index contributed by atoms with van der Waals surface area (Å²) in [5.41, 5.74) is 9.19. The molecule has 3 aromatic rings. The lowest BCUT2D eigenvalue weighted by atomic mass is 10.0. The zero-order valence-corrected chi connectivity index (χ0v) is 15.6. The molecule has 1 aliphatic heterocycles. The summed E-state index contributed by atoms with van der Waals surface area (Å²) in [6.07, 6.45) is 4.19. The molecule has 2 aromatic heterocycles. The number of aryl methyl sites for hydroxylation is 1. The van der Waals surface area contributed by atoms with Gasteiger partial charge in [0.2, 0.25) is 0 Å². The summed E-state index contributed by atoms with van der Waals surface area (Å²) in [7, 11) is 0. The average Bonchev–Trinajstić information content (AvgIpc) is 3.31. The third-order valence-electron chi connectivity index (χ3n) is 5.01. The van der Waals surface area contributed by atoms with Crippen LogP contribution < -0.4 is 11.1 Å². The molecule has 134 valence electrons. The molecule has 0 aliphatic carbocycles. The number of primary amides is 1. The molecule has 0 radical (unpaired) electrons. The maximum atomic E-state index is 11.8. The Labute approximate surface area is 156 Å². The minimum absolute atomic E-state index is 0.268. The summed E-state index contributed by atoms with van der Waals surface area (Å²) in [6.45, 7) is 3.20. The number of carbonyl (C=O) groups is 1. The molecule has 0 bridgehead atoms. The fraction of sp³-hybridized carbons (Fsp3) is 0.350. The SMILES string of the molecule is CCc1ccc(-c2cc3c(CC4CCCN4)nnc(C(N)=O)c3s2)cc1. The van der Waals surface area contributed by atoms with Crippen molar-refractivity contribution >= 4 is 27.3 Å². The Kier molecular flexibility index (Phi) is 4.70. The Bertz CT molecular complexity index is 942. The van der Waals surface area contributed by atoms with Crippen LogP contribution in [0, 0.1) is 0 Å². The van der Waals surface area contributed by atoms with Crippen LogP contribution in [-0.2, 0) is 12.8 Å². The Morgan fingerprint density at radius 3 is 2.77 bits per heavy atom. The fourth-order valence-electron chi connectivity index (χ4n) is 3.51. The lowest BCUT2D eigenvalue weighted by Gasteiger charge is -2.10. The highest BCUT2D eigenvalue weighted by atomic mass is 32.1. The molecule has 5 nitrogen and oxygen atoms in total. The van der Waals surface area contributed by atoms with E-state index in [2.05, 4.69) is 52.8 Å². The molecular formula is C20H22N4OS. The molecule has 6 heteroatoms. The molecule has 1 fully saturated rings. The Balaban J connectivity index is 1.79. The first-order valence-corrected chi connectivity index (χ1v) is 9.89. The molecule has 3 heterocycles. The standard InChI is InChI=1S/C20H22N4OS/c1-2-12-5-7-13(8-6-12)17-11-15-16(10-14-4-3-9-22-14)23-24-18(20(21)25)19(15)26-17/h5-8,11,14,22H,2-4,9-10H2,1H3,(H2,21,25). The zero-order valence-electron chi connectivity index (χ0n) is 14.8. The second-order valence-electron chi connectivity index (χ2n) is 6.76. The van der Waals surface area contributed by atoms with Crippen LogP contribution in [-0.4, -0.2) is 28.7 Å². The van der Waals surface area contributed by atoms with Gasteiger partial charge in [0, 0.05) is 22.7 Å². The second-order valence-corrected chi connectivity index (χ2v) is 7.81. The van der Waals surface area contributed by atoms with Crippen molar-refractivity contribution in [3.8, 4) is 10.4 Å². The van der Waals surface area contributed by atoms with Crippen LogP contribution in [0.4, 0.5) is 0 Å². The van der Waals surface area contributed by atoms with Gasteiger partial charge in [0.15, 0.2) is 5.69 Å². The number of amides is 1. The molecule has 3 N–H and O–H groups in total. The normalized spacial score (nSPS) is 17.0. The van der Waals surface area contributed by atoms with Gasteiger partial charge in [0.25, 0.3) is 5.91 Å². The second kappa shape index (κ2) is 7.13. The molecule has 1 amide bonds. The number of rotatable bonds is 5. The first kappa shape index (κ1) is 17.1. The minimum atomic E-state index is -0.525. The quantitative estimate of drug-likeness (QED) is 0.726. The third kappa shape index (κ3) is 3.22. The number of benzene rings is 1. The van der Waals surface area contributed by atoms with Crippen molar-refractivity contribution < 1.29 is 4.79 Å². The van der Waals surface area contributed by atoms with Crippen molar-refractivity contribution in [3.63, 3.8) is 0 Å². The first-order chi connectivity index (χ1) is 12.7. The molecule has 0 saturated carbocycles. The van der Waals surface area contributed by atoms with Crippen molar-refractivity contribution in [2.45, 2.75) is 38.6 Å². The smallest absolute Gasteiger partial charge is 0.270 e. The van der Waals surface area contributed by atoms with Crippen molar-refractivity contribution in [1.82, 2.24) is 15.5 Å². The van der Waals surface area contributed by atoms with Gasteiger partial charge in [-0.3, -0.25) is 4.79 Å². The summed E-state index contributed by atoms with van der Waals surface area (Å²) >= 11 is 1.57. The highest BCUT2D eigenvalue weighted by molar-refractivity contribution is 7.22. The van der Waals surface area contributed by atoms with Crippen LogP contribution in [0.25, 0.3) is 20.5 Å². The molecule has 1 atom stereocenters. The van der Waals surface area contributed by atoms with Crippen molar-refractivity contribution in [2.24, 2.45) is 5.73 Å². The average molecular weight is 366 g/mol. The van der Waals surface area contributed by atoms with Crippen LogP contribution in [0.2, 0.25) is 0 Å². The first-order valence-electron chi connectivity index (χ1n) is 9.07. The molecule has 1 unspecified atom stereocenters. The van der Waals surface area contributed by atoms with E-state index in [1.807, 2.05) is 0 Å². The highest BCUT2D eigenvalue weighted by Gasteiger charge is 2.21. The van der Waals surface area contributed by atoms with Gasteiger partial charge < -0.3 is 11.1 Å². The highest BCUT2D eigenvalue weighted by Crippen LogP contribution is 2.36. The van der Waals surface area contributed by atoms with Gasteiger partial charge in [-0.2, -0.15) is 5.10 Å². The van der Waals surface area contributed by atoms with Gasteiger partial charge in [-0.25, -0.2) is 0 Å². The van der Waals surface area contributed by atoms with Crippen molar-refractivity contribution in [2.75, 3.05) is 6.54 Å². The number of aromatic nitrogens is 2. The minimum Gasteiger partial charge on any atom is -0.364 e. The Morgan fingerprint density at radius 1 is 1.31 bits per heavy atom. The topological polar surface area (TPSA) is 80.9 Å². The summed E-state index contributed by atoms with van der Waals surface area (Å²) < 4.78 is 0.843. The number of nitrogens with two attached hydrogens (primary N) is 1. The maximum Gasteiger partial charge on any atom is 0.270 e. The van der Waals surface area contributed by atoms with Crippen LogP contribution >= 0.6 is 11.3 Å². The maximum absolute atomic E-state index is 11.8. The van der Waals surface area contributed by atoms with Crippen LogP contribution in [0.5, 0.6) is 0 Å². The van der Waals surface area contributed by atoms with E-state index in [1.54, 1.807) is 11.3 Å². The zero-order chi connectivity index (χ0) is 18.1. The van der Waals surface area contributed by atoms with E-state index >= 15 is 0 Å². The number of carbonyl (C=O) groups excluding carboxylic acids is 1. The molecule has 1 aliphatic rings. The van der Waals surface area contributed by atoms with Gasteiger partial charge in [-0.1, -0.05) is 31.2 Å². The van der Waals surface area contributed by atoms with E-state index in [0.717, 1.165) is 52.0 Å². The molecule has 26 heavy (non-hydrogen) atoms. The van der Waals surface area contributed by atoms with E-state index < -0.39 is 5.91 Å². The van der Waals surface area contributed by atoms with E-state index in [-0.39, 0.29) is 5.69 Å². The van der Waals surface area contributed by atoms with Crippen LogP contribution in [0.1, 0.15) is 41.5 Å². The third-order valence-corrected chi connectivity index (χ3v) is 6.20. The summed E-state index contributed by atoms with van der Waals surface area (Å²) in [4.78, 5) is 12.9. The molecule has 1 aromatic carbocycles. The van der Waals surface area contributed by atoms with E-state index in [9.17, 15) is 4.79 Å². The van der Waals surface area contributed by atoms with E-state index in [0.29, 0.717) is 6.04 Å². The van der Waals surface area contributed by atoms with Gasteiger partial charge in [-0.05, 0) is 43.0 Å². The summed E-state index contributed by atoms with van der Waals surface area (Å²) in [5.74, 6) is -0.525. The molecule has 1 saturated heterocycles. The predicted molar refractivity (Wildman–Crippen MR) is 105 cm³/mol. The van der Waals surface area contributed by atoms with Gasteiger partial charge in [0.1, 0.15) is 0 Å². The van der Waals surface area contributed by atoms with Crippen molar-refractivity contribution in [1.29, 1.82) is 0 Å². The monoisotopic (exact) mass is 366 g/mol. The van der Waals surface area contributed by atoms with Gasteiger partial charge in [-0.15, -0.1) is 16.4 Å². The number of fused-ring (bicyclic) bond motifs is 1. The largest absolute Gasteiger partial charge is 0.364 e. The van der Waals surface area contributed by atoms with Gasteiger partial charge in [0.05, 0.1) is 10.4 Å². The Morgan fingerprint density at radius 2 is 2.12 bits per heavy atom. The number of nitrogens with one attached hydrogen (secondary N) is 1. The van der Waals surface area contributed by atoms with E-state index in [1.165, 1.54) is 12.0 Å². The van der Waals surface area contributed by atoms with Crippen molar-refractivity contribution in [3.05, 3.63) is 47.3 Å². The number of nitrogens with zero attached hydrogens (tertiary/aromatic N) is 2. The number of thiophene rings is 1. The van der Waals surface area contributed by atoms with Crippen LogP contribution in [0.3, 0.4) is 0 Å². The predicted octanol–water partition coefficient (Wildman–Crippen LogP) is 3.31. The lowest BCUT2D eigenvalue weighted by molar-refractivity contribution is 0.0996. The molecule has 0 spiro atoms. The number of hydrogen-bond acceptors (Lipinski definition) is 5.